The minimum absolute atomic E-state index is 0.298. The first-order chi connectivity index (χ1) is 9.74. The Bertz CT molecular complexity index is 468. The normalized spacial score (nSPS) is 24.0. The van der Waals surface area contributed by atoms with Crippen LogP contribution in [-0.2, 0) is 9.47 Å². The van der Waals surface area contributed by atoms with E-state index in [1.54, 1.807) is 0 Å². The zero-order valence-electron chi connectivity index (χ0n) is 11.6. The fourth-order valence-corrected chi connectivity index (χ4v) is 2.69. The van der Waals surface area contributed by atoms with Gasteiger partial charge in [0.1, 0.15) is 11.0 Å². The molecule has 0 aliphatic carbocycles. The average molecular weight is 299 g/mol. The summed E-state index contributed by atoms with van der Waals surface area (Å²) in [5.74, 6) is 1.57. The van der Waals surface area contributed by atoms with Gasteiger partial charge in [-0.15, -0.1) is 0 Å². The standard InChI is InChI=1S/C13H19ClN4O2/c1-10-9-20-7-4-18(10)12-8-11(14)15-13(16-12)17-2-5-19-6-3-17/h8,10H,2-7,9H2,1H3/t10-/m0/s1. The van der Waals surface area contributed by atoms with E-state index in [0.29, 0.717) is 37.0 Å². The minimum atomic E-state index is 0.298. The maximum absolute atomic E-state index is 6.17. The highest BCUT2D eigenvalue weighted by Gasteiger charge is 2.23. The highest BCUT2D eigenvalue weighted by atomic mass is 35.5. The summed E-state index contributed by atoms with van der Waals surface area (Å²) >= 11 is 6.17. The smallest absolute Gasteiger partial charge is 0.228 e. The van der Waals surface area contributed by atoms with Gasteiger partial charge in [0, 0.05) is 25.7 Å². The Morgan fingerprint density at radius 1 is 1.15 bits per heavy atom. The Kier molecular flexibility index (Phi) is 4.24. The van der Waals surface area contributed by atoms with Gasteiger partial charge in [-0.2, -0.15) is 4.98 Å². The van der Waals surface area contributed by atoms with Gasteiger partial charge in [-0.25, -0.2) is 4.98 Å². The largest absolute Gasteiger partial charge is 0.378 e. The van der Waals surface area contributed by atoms with E-state index in [9.17, 15) is 0 Å². The summed E-state index contributed by atoms with van der Waals surface area (Å²) in [4.78, 5) is 13.4. The summed E-state index contributed by atoms with van der Waals surface area (Å²) in [7, 11) is 0. The predicted molar refractivity (Wildman–Crippen MR) is 77.7 cm³/mol. The summed E-state index contributed by atoms with van der Waals surface area (Å²) in [5, 5.41) is 0.482. The van der Waals surface area contributed by atoms with Crippen molar-refractivity contribution in [2.24, 2.45) is 0 Å². The lowest BCUT2D eigenvalue weighted by molar-refractivity contribution is 0.0985. The second-order valence-electron chi connectivity index (χ2n) is 5.07. The number of hydrogen-bond donors (Lipinski definition) is 0. The van der Waals surface area contributed by atoms with Crippen LogP contribution in [-0.4, -0.2) is 62.1 Å². The Labute approximate surface area is 123 Å². The van der Waals surface area contributed by atoms with Crippen molar-refractivity contribution < 1.29 is 9.47 Å². The quantitative estimate of drug-likeness (QED) is 0.765. The summed E-state index contributed by atoms with van der Waals surface area (Å²) in [6.07, 6.45) is 0. The van der Waals surface area contributed by atoms with Crippen LogP contribution in [0.4, 0.5) is 11.8 Å². The third-order valence-electron chi connectivity index (χ3n) is 3.63. The van der Waals surface area contributed by atoms with E-state index >= 15 is 0 Å². The van der Waals surface area contributed by atoms with Crippen LogP contribution in [0, 0.1) is 0 Å². The van der Waals surface area contributed by atoms with Crippen LogP contribution in [0.1, 0.15) is 6.92 Å². The molecule has 7 heteroatoms. The third-order valence-corrected chi connectivity index (χ3v) is 3.82. The fourth-order valence-electron chi connectivity index (χ4n) is 2.51. The highest BCUT2D eigenvalue weighted by Crippen LogP contribution is 2.23. The lowest BCUT2D eigenvalue weighted by atomic mass is 10.2. The van der Waals surface area contributed by atoms with Gasteiger partial charge in [-0.05, 0) is 6.92 Å². The lowest BCUT2D eigenvalue weighted by Crippen LogP contribution is -2.44. The van der Waals surface area contributed by atoms with Gasteiger partial charge in [-0.3, -0.25) is 0 Å². The molecule has 0 aromatic carbocycles. The molecule has 1 aromatic rings. The number of ether oxygens (including phenoxy) is 2. The molecule has 0 saturated carbocycles. The minimum Gasteiger partial charge on any atom is -0.378 e. The molecule has 2 saturated heterocycles. The van der Waals surface area contributed by atoms with Crippen molar-refractivity contribution in [2.75, 3.05) is 55.9 Å². The number of nitrogens with zero attached hydrogens (tertiary/aromatic N) is 4. The van der Waals surface area contributed by atoms with Crippen LogP contribution < -0.4 is 9.80 Å². The number of hydrogen-bond acceptors (Lipinski definition) is 6. The summed E-state index contributed by atoms with van der Waals surface area (Å²) in [5.41, 5.74) is 0. The van der Waals surface area contributed by atoms with Crippen molar-refractivity contribution in [2.45, 2.75) is 13.0 Å². The van der Waals surface area contributed by atoms with Crippen molar-refractivity contribution in [3.63, 3.8) is 0 Å². The number of aromatic nitrogens is 2. The first-order valence-electron chi connectivity index (χ1n) is 6.96. The summed E-state index contributed by atoms with van der Waals surface area (Å²) in [6.45, 7) is 7.42. The van der Waals surface area contributed by atoms with Crippen molar-refractivity contribution in [3.05, 3.63) is 11.2 Å². The zero-order chi connectivity index (χ0) is 13.9. The Morgan fingerprint density at radius 3 is 2.65 bits per heavy atom. The van der Waals surface area contributed by atoms with E-state index in [1.165, 1.54) is 0 Å². The van der Waals surface area contributed by atoms with Crippen molar-refractivity contribution in [3.8, 4) is 0 Å². The molecule has 20 heavy (non-hydrogen) atoms. The van der Waals surface area contributed by atoms with Gasteiger partial charge >= 0.3 is 0 Å². The van der Waals surface area contributed by atoms with E-state index in [4.69, 9.17) is 21.1 Å². The van der Waals surface area contributed by atoms with Gasteiger partial charge in [-0.1, -0.05) is 11.6 Å². The number of rotatable bonds is 2. The molecule has 0 spiro atoms. The molecule has 2 aliphatic rings. The van der Waals surface area contributed by atoms with Gasteiger partial charge in [0.2, 0.25) is 5.95 Å². The number of halogens is 1. The van der Waals surface area contributed by atoms with Crippen molar-refractivity contribution in [1.29, 1.82) is 0 Å². The van der Waals surface area contributed by atoms with Crippen LogP contribution in [0.5, 0.6) is 0 Å². The second-order valence-corrected chi connectivity index (χ2v) is 5.45. The van der Waals surface area contributed by atoms with Gasteiger partial charge in [0.15, 0.2) is 0 Å². The molecule has 1 atom stereocenters. The average Bonchev–Trinajstić information content (AvgIpc) is 2.48. The molecule has 0 N–H and O–H groups in total. The molecule has 0 bridgehead atoms. The zero-order valence-corrected chi connectivity index (χ0v) is 12.3. The molecule has 110 valence electrons. The SMILES string of the molecule is C[C@H]1COCCN1c1cc(Cl)nc(N2CCOCC2)n1. The van der Waals surface area contributed by atoms with Crippen LogP contribution in [0.25, 0.3) is 0 Å². The van der Waals surface area contributed by atoms with Crippen LogP contribution in [0.3, 0.4) is 0 Å². The summed E-state index contributed by atoms with van der Waals surface area (Å²) in [6, 6.07) is 2.13. The molecule has 0 unspecified atom stereocenters. The van der Waals surface area contributed by atoms with Gasteiger partial charge < -0.3 is 19.3 Å². The Balaban J connectivity index is 1.85. The molecule has 0 amide bonds. The van der Waals surface area contributed by atoms with Crippen LogP contribution in [0.2, 0.25) is 5.15 Å². The molecule has 3 heterocycles. The molecule has 3 rings (SSSR count). The second kappa shape index (κ2) is 6.11. The maximum Gasteiger partial charge on any atom is 0.228 e. The van der Waals surface area contributed by atoms with Gasteiger partial charge in [0.25, 0.3) is 0 Å². The van der Waals surface area contributed by atoms with Crippen LogP contribution >= 0.6 is 11.6 Å². The fraction of sp³-hybridized carbons (Fsp3) is 0.692. The van der Waals surface area contributed by atoms with E-state index in [0.717, 1.165) is 32.1 Å². The highest BCUT2D eigenvalue weighted by molar-refractivity contribution is 6.29. The van der Waals surface area contributed by atoms with E-state index in [1.807, 2.05) is 6.07 Å². The third kappa shape index (κ3) is 2.97. The van der Waals surface area contributed by atoms with Crippen LogP contribution in [0.15, 0.2) is 6.07 Å². The Hall–Kier alpha value is -1.11. The first-order valence-corrected chi connectivity index (χ1v) is 7.33. The van der Waals surface area contributed by atoms with Crippen molar-refractivity contribution in [1.82, 2.24) is 9.97 Å². The first kappa shape index (κ1) is 13.9. The number of morpholine rings is 2. The van der Waals surface area contributed by atoms with Crippen molar-refractivity contribution >= 4 is 23.4 Å². The molecule has 6 nitrogen and oxygen atoms in total. The molecule has 2 aliphatic heterocycles. The topological polar surface area (TPSA) is 50.7 Å². The molecule has 1 aromatic heterocycles. The number of anilines is 2. The summed E-state index contributed by atoms with van der Waals surface area (Å²) < 4.78 is 10.8. The molecular weight excluding hydrogens is 280 g/mol. The molecular formula is C13H19ClN4O2. The monoisotopic (exact) mass is 298 g/mol. The lowest BCUT2D eigenvalue weighted by Gasteiger charge is -2.35. The molecule has 0 radical (unpaired) electrons. The van der Waals surface area contributed by atoms with Gasteiger partial charge in [0.05, 0.1) is 32.5 Å². The maximum atomic E-state index is 6.17. The van der Waals surface area contributed by atoms with E-state index < -0.39 is 0 Å². The predicted octanol–water partition coefficient (Wildman–Crippen LogP) is 1.19. The Morgan fingerprint density at radius 2 is 1.90 bits per heavy atom. The van der Waals surface area contributed by atoms with E-state index in [2.05, 4.69) is 26.7 Å². The molecule has 2 fully saturated rings. The van der Waals surface area contributed by atoms with E-state index in [-0.39, 0.29) is 0 Å².